The molecule has 178 valence electrons. The summed E-state index contributed by atoms with van der Waals surface area (Å²) in [7, 11) is 0. The van der Waals surface area contributed by atoms with Crippen molar-refractivity contribution in [2.75, 3.05) is 0 Å². The van der Waals surface area contributed by atoms with Gasteiger partial charge in [-0.3, -0.25) is 9.67 Å². The van der Waals surface area contributed by atoms with E-state index < -0.39 is 0 Å². The third-order valence-corrected chi connectivity index (χ3v) is 7.69. The third kappa shape index (κ3) is 3.47. The van der Waals surface area contributed by atoms with Crippen molar-refractivity contribution in [3.8, 4) is 17.2 Å². The molecule has 4 heterocycles. The maximum Gasteiger partial charge on any atom is 2.00 e. The molecule has 4 aromatic carbocycles. The Balaban J connectivity index is 0.00000231. The van der Waals surface area contributed by atoms with Crippen molar-refractivity contribution in [2.45, 2.75) is 0 Å². The van der Waals surface area contributed by atoms with Crippen LogP contribution < -0.4 is 4.74 Å². The van der Waals surface area contributed by atoms with Crippen LogP contribution in [0.2, 0.25) is 0 Å². The van der Waals surface area contributed by atoms with Crippen molar-refractivity contribution >= 4 is 58.8 Å². The number of benzene rings is 4. The smallest absolute Gasteiger partial charge is 0.503 e. The minimum Gasteiger partial charge on any atom is -0.503 e. The molecule has 0 amide bonds. The van der Waals surface area contributed by atoms with E-state index in [-0.39, 0.29) is 20.4 Å². The molecular weight excluding hydrogens is 571 g/mol. The maximum absolute atomic E-state index is 6.19. The van der Waals surface area contributed by atoms with Crippen LogP contribution in [-0.4, -0.2) is 19.2 Å². The van der Waals surface area contributed by atoms with Crippen molar-refractivity contribution in [1.29, 1.82) is 0 Å². The molecule has 0 saturated carbocycles. The number of rotatable bonds is 3. The molecule has 0 spiro atoms. The summed E-state index contributed by atoms with van der Waals surface area (Å²) in [6, 6.07) is 31.6. The van der Waals surface area contributed by atoms with Gasteiger partial charge in [-0.05, 0) is 35.3 Å². The Bertz CT molecular complexity index is 2090. The van der Waals surface area contributed by atoms with Gasteiger partial charge in [0, 0.05) is 62.0 Å². The zero-order valence-corrected chi connectivity index (χ0v) is 21.5. The van der Waals surface area contributed by atoms with Crippen LogP contribution in [0.15, 0.2) is 97.6 Å². The first kappa shape index (κ1) is 22.2. The van der Waals surface area contributed by atoms with Crippen LogP contribution in [0.4, 0.5) is 0 Å². The van der Waals surface area contributed by atoms with Crippen LogP contribution in [0, 0.1) is 12.1 Å². The van der Waals surface area contributed by atoms with Crippen LogP contribution in [-0.2, 0) is 20.4 Å². The van der Waals surface area contributed by atoms with Crippen LogP contribution in [0.1, 0.15) is 0 Å². The van der Waals surface area contributed by atoms with Gasteiger partial charge in [-0.15, -0.1) is 41.7 Å². The van der Waals surface area contributed by atoms with Gasteiger partial charge in [-0.25, -0.2) is 0 Å². The van der Waals surface area contributed by atoms with Crippen molar-refractivity contribution in [3.05, 3.63) is 110 Å². The van der Waals surface area contributed by atoms with Gasteiger partial charge in [-0.1, -0.05) is 35.0 Å². The second-order valence-corrected chi connectivity index (χ2v) is 9.73. The molecular formula is C30H16N4OPdS. The fourth-order valence-electron chi connectivity index (χ4n) is 4.95. The minimum atomic E-state index is 0. The first-order valence-corrected chi connectivity index (χ1v) is 12.4. The summed E-state index contributed by atoms with van der Waals surface area (Å²) in [4.78, 5) is 4.68. The van der Waals surface area contributed by atoms with Crippen molar-refractivity contribution in [2.24, 2.45) is 0 Å². The van der Waals surface area contributed by atoms with Gasteiger partial charge in [0.2, 0.25) is 0 Å². The van der Waals surface area contributed by atoms with Gasteiger partial charge >= 0.3 is 20.4 Å². The topological polar surface area (TPSA) is 44.4 Å². The molecule has 0 unspecified atom stereocenters. The van der Waals surface area contributed by atoms with Crippen LogP contribution >= 0.6 is 11.3 Å². The summed E-state index contributed by atoms with van der Waals surface area (Å²) in [5.41, 5.74) is 2.80. The average Bonchev–Trinajstić information content (AvgIpc) is 3.68. The Kier molecular flexibility index (Phi) is 5.12. The fraction of sp³-hybridized carbons (Fsp3) is 0. The van der Waals surface area contributed by atoms with E-state index in [1.54, 1.807) is 10.9 Å². The van der Waals surface area contributed by atoms with Gasteiger partial charge in [0.25, 0.3) is 0 Å². The number of hydrogen-bond acceptors (Lipinski definition) is 4. The van der Waals surface area contributed by atoms with Crippen LogP contribution in [0.3, 0.4) is 0 Å². The molecule has 4 aromatic heterocycles. The summed E-state index contributed by atoms with van der Waals surface area (Å²) in [6.07, 6.45) is 7.48. The maximum atomic E-state index is 6.19. The first-order chi connectivity index (χ1) is 17.8. The zero-order chi connectivity index (χ0) is 23.6. The van der Waals surface area contributed by atoms with E-state index in [9.17, 15) is 0 Å². The van der Waals surface area contributed by atoms with Crippen molar-refractivity contribution in [1.82, 2.24) is 19.2 Å². The summed E-state index contributed by atoms with van der Waals surface area (Å²) < 4.78 is 12.7. The van der Waals surface area contributed by atoms with Crippen LogP contribution in [0.25, 0.3) is 53.2 Å². The molecule has 5 nitrogen and oxygen atoms in total. The van der Waals surface area contributed by atoms with Crippen LogP contribution in [0.5, 0.6) is 11.5 Å². The van der Waals surface area contributed by atoms with E-state index in [0.29, 0.717) is 11.5 Å². The molecule has 0 aliphatic heterocycles. The Morgan fingerprint density at radius 1 is 0.730 bits per heavy atom. The number of nitrogens with zero attached hydrogens (tertiary/aromatic N) is 4. The zero-order valence-electron chi connectivity index (χ0n) is 19.2. The number of aromatic nitrogens is 4. The van der Waals surface area contributed by atoms with E-state index >= 15 is 0 Å². The molecule has 0 radical (unpaired) electrons. The molecule has 0 N–H and O–H groups in total. The quantitative estimate of drug-likeness (QED) is 0.122. The molecule has 7 heteroatoms. The minimum absolute atomic E-state index is 0. The van der Waals surface area contributed by atoms with E-state index in [4.69, 9.17) is 4.74 Å². The Hall–Kier alpha value is -4.02. The Labute approximate surface area is 229 Å². The molecule has 0 atom stereocenters. The van der Waals surface area contributed by atoms with E-state index in [1.807, 2.05) is 60.3 Å². The number of thiophene rings is 1. The van der Waals surface area contributed by atoms with Crippen molar-refractivity contribution in [3.63, 3.8) is 0 Å². The SMILES string of the molecule is [Pd+2].[c-]1c(Oc2[c-]c3c(cc2)c2cc4sc5ccccc5c4cc2n2ccnc32)cccc1-n1cccn1. The van der Waals surface area contributed by atoms with E-state index in [2.05, 4.69) is 69.1 Å². The van der Waals surface area contributed by atoms with Crippen molar-refractivity contribution < 1.29 is 25.2 Å². The molecule has 0 saturated heterocycles. The standard InChI is InChI=1S/C30H16N4OS.Pd/c1-2-8-28-23(7-1)25-17-27-24(18-29(25)36-28)22-10-9-21(16-26(22)30-31-12-14-33(27)30)35-20-6-3-5-19(15-20)34-13-4-11-32-34;/h1-14,17-18H;/q-2;+2. The summed E-state index contributed by atoms with van der Waals surface area (Å²) in [5.74, 6) is 1.22. The molecule has 0 fully saturated rings. The third-order valence-electron chi connectivity index (χ3n) is 6.55. The molecule has 0 bridgehead atoms. The van der Waals surface area contributed by atoms with Gasteiger partial charge in [0.1, 0.15) is 0 Å². The van der Waals surface area contributed by atoms with E-state index in [0.717, 1.165) is 27.6 Å². The summed E-state index contributed by atoms with van der Waals surface area (Å²) >= 11 is 1.83. The number of pyridine rings is 1. The van der Waals surface area contributed by atoms with Gasteiger partial charge in [0.05, 0.1) is 5.65 Å². The number of fused-ring (bicyclic) bond motifs is 9. The van der Waals surface area contributed by atoms with Gasteiger partial charge in [-0.2, -0.15) is 11.2 Å². The monoisotopic (exact) mass is 586 g/mol. The molecule has 37 heavy (non-hydrogen) atoms. The number of hydrogen-bond donors (Lipinski definition) is 0. The van der Waals surface area contributed by atoms with Gasteiger partial charge < -0.3 is 9.14 Å². The largest absolute Gasteiger partial charge is 2.00 e. The fourth-order valence-corrected chi connectivity index (χ4v) is 6.08. The predicted octanol–water partition coefficient (Wildman–Crippen LogP) is 7.58. The first-order valence-electron chi connectivity index (χ1n) is 11.6. The Morgan fingerprint density at radius 3 is 2.57 bits per heavy atom. The molecule has 0 aliphatic rings. The Morgan fingerprint density at radius 2 is 1.65 bits per heavy atom. The normalized spacial score (nSPS) is 11.6. The van der Waals surface area contributed by atoms with Gasteiger partial charge in [0.15, 0.2) is 0 Å². The predicted molar refractivity (Wildman–Crippen MR) is 144 cm³/mol. The van der Waals surface area contributed by atoms with E-state index in [1.165, 1.54) is 25.6 Å². The summed E-state index contributed by atoms with van der Waals surface area (Å²) in [6.45, 7) is 0. The number of ether oxygens (including phenoxy) is 1. The second-order valence-electron chi connectivity index (χ2n) is 8.65. The summed E-state index contributed by atoms with van der Waals surface area (Å²) in [5, 5.41) is 10.0. The average molecular weight is 587 g/mol. The number of imidazole rings is 1. The molecule has 0 aliphatic carbocycles. The second kappa shape index (κ2) is 8.53. The molecule has 8 aromatic rings. The molecule has 8 rings (SSSR count).